The zero-order chi connectivity index (χ0) is 24.0. The van der Waals surface area contributed by atoms with E-state index in [1.807, 2.05) is 12.2 Å². The van der Waals surface area contributed by atoms with Crippen LogP contribution in [-0.2, 0) is 19.1 Å². The molecule has 0 aliphatic carbocycles. The molecule has 5 rings (SSSR count). The van der Waals surface area contributed by atoms with Gasteiger partial charge in [0.05, 0.1) is 38.7 Å². The molecule has 3 heterocycles. The Labute approximate surface area is 196 Å². The lowest BCUT2D eigenvalue weighted by molar-refractivity contribution is -0.128. The summed E-state index contributed by atoms with van der Waals surface area (Å²) in [4.78, 5) is 39.8. The van der Waals surface area contributed by atoms with Gasteiger partial charge >= 0.3 is 0 Å². The highest BCUT2D eigenvalue weighted by Gasteiger charge is 2.67. The molecule has 9 heteroatoms. The molecule has 0 radical (unpaired) electrons. The average molecular weight is 463 g/mol. The van der Waals surface area contributed by atoms with Crippen LogP contribution in [0.25, 0.3) is 0 Å². The van der Waals surface area contributed by atoms with Gasteiger partial charge in [0, 0.05) is 42.2 Å². The van der Waals surface area contributed by atoms with Gasteiger partial charge in [-0.2, -0.15) is 0 Å². The third kappa shape index (κ3) is 3.58. The number of carbonyl (C=O) groups excluding carboxylic acids is 3. The summed E-state index contributed by atoms with van der Waals surface area (Å²) >= 11 is 0. The van der Waals surface area contributed by atoms with E-state index in [9.17, 15) is 14.4 Å². The molecule has 2 fully saturated rings. The smallest absolute Gasteiger partial charge is 0.234 e. The summed E-state index contributed by atoms with van der Waals surface area (Å²) in [6.45, 7) is 1.75. The molecule has 0 aromatic heterocycles. The SMILES string of the molecule is COc1cc(NC(=O)C2C3C(=O)N(c4ccc(NC(C)=O)cc4)CC34C=C[C@H]2O4)cc(OC)c1. The van der Waals surface area contributed by atoms with Crippen LogP contribution in [0.1, 0.15) is 6.92 Å². The molecule has 2 aromatic rings. The first-order valence-electron chi connectivity index (χ1n) is 10.9. The Morgan fingerprint density at radius 2 is 1.71 bits per heavy atom. The number of nitrogens with zero attached hydrogens (tertiary/aromatic N) is 1. The standard InChI is InChI=1S/C25H25N3O6/c1-14(29)26-15-4-6-17(7-5-15)28-13-25-9-8-20(34-25)21(22(25)24(28)31)23(30)27-16-10-18(32-2)12-19(11-16)33-3/h4-12,20-22H,13H2,1-3H3,(H,26,29)(H,27,30)/t20-,21?,22?,25?/m1/s1. The molecular formula is C25H25N3O6. The summed E-state index contributed by atoms with van der Waals surface area (Å²) in [7, 11) is 3.07. The molecule has 2 saturated heterocycles. The Kier molecular flexibility index (Phi) is 5.28. The fourth-order valence-corrected chi connectivity index (χ4v) is 5.05. The van der Waals surface area contributed by atoms with Crippen LogP contribution in [0.2, 0.25) is 0 Å². The van der Waals surface area contributed by atoms with E-state index >= 15 is 0 Å². The Morgan fingerprint density at radius 1 is 1.03 bits per heavy atom. The molecule has 9 nitrogen and oxygen atoms in total. The Balaban J connectivity index is 1.38. The topological polar surface area (TPSA) is 106 Å². The van der Waals surface area contributed by atoms with Gasteiger partial charge in [-0.3, -0.25) is 14.4 Å². The molecule has 3 aliphatic heterocycles. The van der Waals surface area contributed by atoms with E-state index in [0.717, 1.165) is 0 Å². The first-order chi connectivity index (χ1) is 16.3. The minimum absolute atomic E-state index is 0.164. The molecule has 3 unspecified atom stereocenters. The predicted octanol–water partition coefficient (Wildman–Crippen LogP) is 2.59. The monoisotopic (exact) mass is 463 g/mol. The van der Waals surface area contributed by atoms with Gasteiger partial charge in [0.15, 0.2) is 0 Å². The number of fused-ring (bicyclic) bond motifs is 1. The van der Waals surface area contributed by atoms with Crippen molar-refractivity contribution in [2.24, 2.45) is 11.8 Å². The third-order valence-corrected chi connectivity index (χ3v) is 6.52. The van der Waals surface area contributed by atoms with Crippen LogP contribution in [0, 0.1) is 11.8 Å². The number of nitrogens with one attached hydrogen (secondary N) is 2. The molecule has 2 bridgehead atoms. The zero-order valence-electron chi connectivity index (χ0n) is 19.0. The molecule has 3 aliphatic rings. The highest BCUT2D eigenvalue weighted by molar-refractivity contribution is 6.05. The number of anilines is 3. The number of benzene rings is 2. The van der Waals surface area contributed by atoms with Crippen molar-refractivity contribution in [1.29, 1.82) is 0 Å². The van der Waals surface area contributed by atoms with Crippen molar-refractivity contribution in [2.45, 2.75) is 18.6 Å². The first kappa shape index (κ1) is 22.0. The molecule has 3 amide bonds. The van der Waals surface area contributed by atoms with Crippen molar-refractivity contribution < 1.29 is 28.6 Å². The maximum Gasteiger partial charge on any atom is 0.234 e. The van der Waals surface area contributed by atoms with Crippen LogP contribution in [0.15, 0.2) is 54.6 Å². The van der Waals surface area contributed by atoms with E-state index in [4.69, 9.17) is 14.2 Å². The second kappa shape index (κ2) is 8.18. The summed E-state index contributed by atoms with van der Waals surface area (Å²) in [5.74, 6) is -0.850. The van der Waals surface area contributed by atoms with Gasteiger partial charge in [0.25, 0.3) is 0 Å². The average Bonchev–Trinajstić information content (AvgIpc) is 3.47. The summed E-state index contributed by atoms with van der Waals surface area (Å²) in [6.07, 6.45) is 3.30. The van der Waals surface area contributed by atoms with E-state index in [-0.39, 0.29) is 17.7 Å². The number of amides is 3. The van der Waals surface area contributed by atoms with Crippen LogP contribution in [0.3, 0.4) is 0 Å². The second-order valence-corrected chi connectivity index (χ2v) is 8.64. The first-order valence-corrected chi connectivity index (χ1v) is 10.9. The van der Waals surface area contributed by atoms with Gasteiger partial charge in [-0.1, -0.05) is 12.2 Å². The van der Waals surface area contributed by atoms with Crippen molar-refractivity contribution in [3.8, 4) is 11.5 Å². The number of rotatable bonds is 6. The van der Waals surface area contributed by atoms with Crippen molar-refractivity contribution in [2.75, 3.05) is 36.3 Å². The fraction of sp³-hybridized carbons (Fsp3) is 0.320. The second-order valence-electron chi connectivity index (χ2n) is 8.64. The van der Waals surface area contributed by atoms with Crippen LogP contribution >= 0.6 is 0 Å². The number of hydrogen-bond donors (Lipinski definition) is 2. The molecular weight excluding hydrogens is 438 g/mol. The minimum Gasteiger partial charge on any atom is -0.497 e. The fourth-order valence-electron chi connectivity index (χ4n) is 5.05. The quantitative estimate of drug-likeness (QED) is 0.638. The molecule has 4 atom stereocenters. The Morgan fingerprint density at radius 3 is 2.32 bits per heavy atom. The summed E-state index contributed by atoms with van der Waals surface area (Å²) in [5.41, 5.74) is 0.994. The summed E-state index contributed by atoms with van der Waals surface area (Å²) in [6, 6.07) is 12.1. The van der Waals surface area contributed by atoms with Crippen LogP contribution in [-0.4, -0.2) is 50.2 Å². The van der Waals surface area contributed by atoms with Crippen LogP contribution < -0.4 is 25.0 Å². The summed E-state index contributed by atoms with van der Waals surface area (Å²) in [5, 5.41) is 5.62. The van der Waals surface area contributed by atoms with Crippen molar-refractivity contribution >= 4 is 34.8 Å². The van der Waals surface area contributed by atoms with Crippen LogP contribution in [0.5, 0.6) is 11.5 Å². The number of ether oxygens (including phenoxy) is 3. The van der Waals surface area contributed by atoms with E-state index in [0.29, 0.717) is 35.1 Å². The number of methoxy groups -OCH3 is 2. The van der Waals surface area contributed by atoms with E-state index in [1.165, 1.54) is 21.1 Å². The van der Waals surface area contributed by atoms with Gasteiger partial charge in [0.2, 0.25) is 17.7 Å². The lowest BCUT2D eigenvalue weighted by atomic mass is 9.77. The van der Waals surface area contributed by atoms with Gasteiger partial charge < -0.3 is 29.7 Å². The third-order valence-electron chi connectivity index (χ3n) is 6.52. The van der Waals surface area contributed by atoms with Gasteiger partial charge in [-0.25, -0.2) is 0 Å². The van der Waals surface area contributed by atoms with E-state index in [1.54, 1.807) is 47.4 Å². The maximum absolute atomic E-state index is 13.5. The maximum atomic E-state index is 13.5. The molecule has 0 saturated carbocycles. The highest BCUT2D eigenvalue weighted by atomic mass is 16.5. The van der Waals surface area contributed by atoms with Crippen LogP contribution in [0.4, 0.5) is 17.1 Å². The minimum atomic E-state index is -0.841. The van der Waals surface area contributed by atoms with Crippen molar-refractivity contribution in [3.05, 3.63) is 54.6 Å². The van der Waals surface area contributed by atoms with Crippen molar-refractivity contribution in [1.82, 2.24) is 0 Å². The van der Waals surface area contributed by atoms with E-state index < -0.39 is 23.5 Å². The Hall–Kier alpha value is -3.85. The van der Waals surface area contributed by atoms with Gasteiger partial charge in [0.1, 0.15) is 17.1 Å². The molecule has 34 heavy (non-hydrogen) atoms. The zero-order valence-corrected chi connectivity index (χ0v) is 19.0. The lowest BCUT2D eigenvalue weighted by Gasteiger charge is -2.23. The molecule has 2 N–H and O–H groups in total. The lowest BCUT2D eigenvalue weighted by Crippen LogP contribution is -2.41. The number of carbonyl (C=O) groups is 3. The predicted molar refractivity (Wildman–Crippen MR) is 125 cm³/mol. The number of hydrogen-bond acceptors (Lipinski definition) is 6. The molecule has 2 aromatic carbocycles. The highest BCUT2D eigenvalue weighted by Crippen LogP contribution is 2.53. The molecule has 176 valence electrons. The Bertz CT molecular complexity index is 1170. The normalized spacial score (nSPS) is 26.4. The largest absolute Gasteiger partial charge is 0.497 e. The van der Waals surface area contributed by atoms with Crippen molar-refractivity contribution in [3.63, 3.8) is 0 Å². The van der Waals surface area contributed by atoms with Gasteiger partial charge in [-0.15, -0.1) is 0 Å². The summed E-state index contributed by atoms with van der Waals surface area (Å²) < 4.78 is 16.8. The molecule has 1 spiro atoms. The van der Waals surface area contributed by atoms with E-state index in [2.05, 4.69) is 10.6 Å². The van der Waals surface area contributed by atoms with Gasteiger partial charge in [-0.05, 0) is 24.3 Å².